The molecule has 0 bridgehead atoms. The fourth-order valence-corrected chi connectivity index (χ4v) is 2.98. The van der Waals surface area contributed by atoms with Crippen LogP contribution in [0.25, 0.3) is 0 Å². The van der Waals surface area contributed by atoms with Crippen molar-refractivity contribution in [1.82, 2.24) is 4.90 Å². The minimum atomic E-state index is 0.546. The van der Waals surface area contributed by atoms with Gasteiger partial charge in [0.2, 0.25) is 0 Å². The van der Waals surface area contributed by atoms with Crippen LogP contribution >= 0.6 is 0 Å². The lowest BCUT2D eigenvalue weighted by Crippen LogP contribution is -2.25. The van der Waals surface area contributed by atoms with Gasteiger partial charge in [-0.2, -0.15) is 0 Å². The summed E-state index contributed by atoms with van der Waals surface area (Å²) in [7, 11) is 7.69. The van der Waals surface area contributed by atoms with Crippen LogP contribution in [0.5, 0.6) is 11.5 Å². The molecule has 2 aromatic rings. The van der Waals surface area contributed by atoms with Crippen molar-refractivity contribution in [1.29, 1.82) is 0 Å². The highest BCUT2D eigenvalue weighted by atomic mass is 16.5. The maximum atomic E-state index is 5.34. The van der Waals surface area contributed by atoms with Crippen molar-refractivity contribution in [3.63, 3.8) is 0 Å². The van der Waals surface area contributed by atoms with Crippen molar-refractivity contribution in [2.75, 3.05) is 34.9 Å². The van der Waals surface area contributed by atoms with Crippen LogP contribution < -0.4 is 9.47 Å². The van der Waals surface area contributed by atoms with Gasteiger partial charge in [-0.05, 0) is 68.2 Å². The monoisotopic (exact) mass is 313 g/mol. The van der Waals surface area contributed by atoms with Crippen molar-refractivity contribution in [2.24, 2.45) is 5.92 Å². The minimum Gasteiger partial charge on any atom is -0.497 e. The molecule has 0 aliphatic rings. The summed E-state index contributed by atoms with van der Waals surface area (Å²) in [6.07, 6.45) is 2.07. The highest BCUT2D eigenvalue weighted by Crippen LogP contribution is 2.21. The third kappa shape index (κ3) is 5.61. The Kier molecular flexibility index (Phi) is 6.48. The maximum absolute atomic E-state index is 5.34. The van der Waals surface area contributed by atoms with Gasteiger partial charge < -0.3 is 14.4 Å². The molecule has 3 heteroatoms. The Hall–Kier alpha value is -2.00. The van der Waals surface area contributed by atoms with Gasteiger partial charge in [-0.15, -0.1) is 0 Å². The zero-order valence-corrected chi connectivity index (χ0v) is 14.6. The zero-order chi connectivity index (χ0) is 16.7. The molecule has 0 spiro atoms. The van der Waals surface area contributed by atoms with E-state index in [1.54, 1.807) is 14.2 Å². The predicted molar refractivity (Wildman–Crippen MR) is 95.4 cm³/mol. The first-order chi connectivity index (χ1) is 11.1. The summed E-state index contributed by atoms with van der Waals surface area (Å²) >= 11 is 0. The topological polar surface area (TPSA) is 21.7 Å². The molecule has 0 saturated carbocycles. The van der Waals surface area contributed by atoms with Crippen LogP contribution in [0.15, 0.2) is 48.5 Å². The molecule has 0 N–H and O–H groups in total. The summed E-state index contributed by atoms with van der Waals surface area (Å²) in [4.78, 5) is 2.25. The molecule has 124 valence electrons. The largest absolute Gasteiger partial charge is 0.497 e. The Morgan fingerprint density at radius 2 is 1.30 bits per heavy atom. The molecule has 0 heterocycles. The summed E-state index contributed by atoms with van der Waals surface area (Å²) in [6.45, 7) is 1.05. The van der Waals surface area contributed by atoms with Crippen LogP contribution in [0.4, 0.5) is 0 Å². The Balaban J connectivity index is 2.12. The molecule has 2 rings (SSSR count). The van der Waals surface area contributed by atoms with Crippen molar-refractivity contribution in [3.05, 3.63) is 59.7 Å². The Labute approximate surface area is 139 Å². The number of nitrogens with zero attached hydrogens (tertiary/aromatic N) is 1. The third-order valence-corrected chi connectivity index (χ3v) is 3.94. The van der Waals surface area contributed by atoms with Gasteiger partial charge in [0.1, 0.15) is 11.5 Å². The Morgan fingerprint density at radius 1 is 0.826 bits per heavy atom. The summed E-state index contributed by atoms with van der Waals surface area (Å²) in [5, 5.41) is 0. The van der Waals surface area contributed by atoms with Crippen molar-refractivity contribution in [2.45, 2.75) is 12.8 Å². The van der Waals surface area contributed by atoms with E-state index in [-0.39, 0.29) is 0 Å². The van der Waals surface area contributed by atoms with Gasteiger partial charge in [0.05, 0.1) is 14.2 Å². The second-order valence-electron chi connectivity index (χ2n) is 6.24. The number of hydrogen-bond donors (Lipinski definition) is 0. The van der Waals surface area contributed by atoms with Gasteiger partial charge in [0, 0.05) is 6.54 Å². The molecule has 23 heavy (non-hydrogen) atoms. The van der Waals surface area contributed by atoms with Crippen molar-refractivity contribution < 1.29 is 9.47 Å². The van der Waals surface area contributed by atoms with Crippen LogP contribution in [-0.2, 0) is 12.8 Å². The van der Waals surface area contributed by atoms with Crippen LogP contribution in [0, 0.1) is 5.92 Å². The quantitative estimate of drug-likeness (QED) is 0.742. The zero-order valence-electron chi connectivity index (χ0n) is 14.6. The van der Waals surface area contributed by atoms with Gasteiger partial charge in [-0.1, -0.05) is 24.3 Å². The van der Waals surface area contributed by atoms with Gasteiger partial charge in [-0.25, -0.2) is 0 Å². The molecule has 0 saturated heterocycles. The summed E-state index contributed by atoms with van der Waals surface area (Å²) in [5.41, 5.74) is 2.64. The normalized spacial score (nSPS) is 11.0. The smallest absolute Gasteiger partial charge is 0.119 e. The van der Waals surface area contributed by atoms with Crippen LogP contribution in [0.1, 0.15) is 11.1 Å². The number of rotatable bonds is 8. The van der Waals surface area contributed by atoms with E-state index < -0.39 is 0 Å². The lowest BCUT2D eigenvalue weighted by molar-refractivity contribution is 0.320. The average molecular weight is 313 g/mol. The fourth-order valence-electron chi connectivity index (χ4n) is 2.98. The minimum absolute atomic E-state index is 0.546. The molecular weight excluding hydrogens is 286 g/mol. The van der Waals surface area contributed by atoms with Gasteiger partial charge in [0.15, 0.2) is 0 Å². The molecule has 0 radical (unpaired) electrons. The first-order valence-electron chi connectivity index (χ1n) is 8.01. The molecule has 0 fully saturated rings. The number of benzene rings is 2. The van der Waals surface area contributed by atoms with E-state index in [2.05, 4.69) is 55.4 Å². The highest BCUT2D eigenvalue weighted by molar-refractivity contribution is 5.30. The molecule has 0 unspecified atom stereocenters. The second-order valence-corrected chi connectivity index (χ2v) is 6.24. The van der Waals surface area contributed by atoms with Gasteiger partial charge in [0.25, 0.3) is 0 Å². The van der Waals surface area contributed by atoms with E-state index in [0.29, 0.717) is 5.92 Å². The summed E-state index contributed by atoms with van der Waals surface area (Å²) in [6, 6.07) is 16.7. The molecule has 0 aliphatic carbocycles. The first kappa shape index (κ1) is 17.4. The van der Waals surface area contributed by atoms with E-state index in [0.717, 1.165) is 30.9 Å². The van der Waals surface area contributed by atoms with Gasteiger partial charge in [-0.3, -0.25) is 0 Å². The molecule has 2 aromatic carbocycles. The molecular formula is C20H27NO2. The van der Waals surface area contributed by atoms with Crippen molar-refractivity contribution in [3.8, 4) is 11.5 Å². The van der Waals surface area contributed by atoms with Gasteiger partial charge >= 0.3 is 0 Å². The van der Waals surface area contributed by atoms with Crippen LogP contribution in [-0.4, -0.2) is 39.8 Å². The number of methoxy groups -OCH3 is 2. The molecule has 0 amide bonds. The van der Waals surface area contributed by atoms with E-state index in [4.69, 9.17) is 9.47 Å². The molecule has 0 aromatic heterocycles. The first-order valence-corrected chi connectivity index (χ1v) is 8.01. The Morgan fingerprint density at radius 3 is 1.70 bits per heavy atom. The maximum Gasteiger partial charge on any atom is 0.119 e. The van der Waals surface area contributed by atoms with Crippen LogP contribution in [0.2, 0.25) is 0 Å². The van der Waals surface area contributed by atoms with Crippen molar-refractivity contribution >= 4 is 0 Å². The Bertz CT molecular complexity index is 561. The van der Waals surface area contributed by atoms with E-state index in [1.165, 1.54) is 11.1 Å². The summed E-state index contributed by atoms with van der Waals surface area (Å²) < 4.78 is 10.7. The summed E-state index contributed by atoms with van der Waals surface area (Å²) in [5.74, 6) is 2.39. The van der Waals surface area contributed by atoms with E-state index in [9.17, 15) is 0 Å². The number of hydrogen-bond acceptors (Lipinski definition) is 3. The SMILES string of the molecule is COc1cccc(CC(Cc2cccc(OC)c2)CN(C)C)c1. The highest BCUT2D eigenvalue weighted by Gasteiger charge is 2.13. The fraction of sp³-hybridized carbons (Fsp3) is 0.400. The lowest BCUT2D eigenvalue weighted by Gasteiger charge is -2.22. The third-order valence-electron chi connectivity index (χ3n) is 3.94. The molecule has 0 atom stereocenters. The lowest BCUT2D eigenvalue weighted by atomic mass is 9.92. The predicted octanol–water partition coefficient (Wildman–Crippen LogP) is 3.67. The standard InChI is InChI=1S/C20H27NO2/c1-21(2)15-18(11-16-7-5-9-19(13-16)22-3)12-17-8-6-10-20(14-17)23-4/h5-10,13-14,18H,11-12,15H2,1-4H3. The number of ether oxygens (including phenoxy) is 2. The second kappa shape index (κ2) is 8.59. The van der Waals surface area contributed by atoms with E-state index >= 15 is 0 Å². The molecule has 3 nitrogen and oxygen atoms in total. The van der Waals surface area contributed by atoms with Crippen LogP contribution in [0.3, 0.4) is 0 Å². The average Bonchev–Trinajstić information content (AvgIpc) is 2.54. The molecule has 0 aliphatic heterocycles. The van der Waals surface area contributed by atoms with E-state index in [1.807, 2.05) is 12.1 Å².